The van der Waals surface area contributed by atoms with Gasteiger partial charge in [0, 0.05) is 18.9 Å². The highest BCUT2D eigenvalue weighted by molar-refractivity contribution is 7.99. The molecular weight excluding hydrogens is 723 g/mol. The van der Waals surface area contributed by atoms with E-state index >= 15 is 0 Å². The first-order valence-corrected chi connectivity index (χ1v) is 26.4. The van der Waals surface area contributed by atoms with E-state index in [4.69, 9.17) is 14.2 Å². The molecule has 57 heavy (non-hydrogen) atoms. The van der Waals surface area contributed by atoms with Crippen molar-refractivity contribution in [2.24, 2.45) is 0 Å². The van der Waals surface area contributed by atoms with Crippen LogP contribution in [0.3, 0.4) is 0 Å². The lowest BCUT2D eigenvalue weighted by Crippen LogP contribution is -2.35. The van der Waals surface area contributed by atoms with Gasteiger partial charge < -0.3 is 19.5 Å². The Hall–Kier alpha value is -0.460. The number of thioether (sulfide) groups is 1. The Labute approximate surface area is 362 Å². The van der Waals surface area contributed by atoms with Gasteiger partial charge in [0.25, 0.3) is 0 Å². The van der Waals surface area contributed by atoms with E-state index < -0.39 is 0 Å². The summed E-state index contributed by atoms with van der Waals surface area (Å²) >= 11 is 2.04. The number of nitrogens with one attached hydrogen (secondary N) is 1. The van der Waals surface area contributed by atoms with Crippen LogP contribution in [0.25, 0.3) is 0 Å². The van der Waals surface area contributed by atoms with Gasteiger partial charge in [-0.15, -0.1) is 0 Å². The van der Waals surface area contributed by atoms with Gasteiger partial charge >= 0.3 is 6.09 Å². The maximum atomic E-state index is 12.7. The van der Waals surface area contributed by atoms with Gasteiger partial charge in [0.2, 0.25) is 0 Å². The summed E-state index contributed by atoms with van der Waals surface area (Å²) in [6, 6.07) is 0. The second-order valence-electron chi connectivity index (χ2n) is 18.8. The van der Waals surface area contributed by atoms with Gasteiger partial charge in [0.15, 0.2) is 0 Å². The third-order valence-electron chi connectivity index (χ3n) is 12.1. The number of methoxy groups -OCH3 is 1. The monoisotopic (exact) mass is 826 g/mol. The Kier molecular flexibility index (Phi) is 41.9. The van der Waals surface area contributed by atoms with Crippen molar-refractivity contribution in [3.63, 3.8) is 0 Å². The maximum Gasteiger partial charge on any atom is 0.407 e. The van der Waals surface area contributed by atoms with Gasteiger partial charge in [-0.1, -0.05) is 219 Å². The smallest absolute Gasteiger partial charge is 0.407 e. The molecule has 0 aliphatic rings. The molecule has 1 amide bonds. The van der Waals surface area contributed by atoms with Gasteiger partial charge in [-0.2, -0.15) is 11.8 Å². The molecule has 0 fully saturated rings. The minimum atomic E-state index is -0.310. The van der Waals surface area contributed by atoms with Crippen LogP contribution in [0.15, 0.2) is 0 Å². The molecule has 0 aromatic carbocycles. The lowest BCUT2D eigenvalue weighted by molar-refractivity contribution is -0.0606. The molecular formula is C51H103NO4S. The van der Waals surface area contributed by atoms with E-state index in [2.05, 4.69) is 46.9 Å². The zero-order chi connectivity index (χ0) is 42.0. The zero-order valence-corrected chi connectivity index (χ0v) is 40.7. The number of amides is 1. The highest BCUT2D eigenvalue weighted by atomic mass is 32.2. The first-order chi connectivity index (χ1) is 27.7. The standard InChI is InChI=1S/C51H103NO4S/c1-8-10-12-14-16-18-20-22-24-26-27-29-31-33-35-37-39-41-48(47-55-49(53)52-44-42-51(5,6)56-45-43-50(3,4)54-7)57-46-40-38-36-34-32-30-28-25-23-21-19-17-15-13-11-9-2/h48H,8-47H2,1-7H3,(H,52,53). The van der Waals surface area contributed by atoms with Crippen LogP contribution < -0.4 is 5.32 Å². The molecule has 0 aliphatic heterocycles. The van der Waals surface area contributed by atoms with Gasteiger partial charge in [-0.3, -0.25) is 0 Å². The van der Waals surface area contributed by atoms with E-state index in [0.29, 0.717) is 25.0 Å². The number of carbonyl (C=O) groups is 1. The summed E-state index contributed by atoms with van der Waals surface area (Å²) in [6.45, 7) is 14.6. The number of carbonyl (C=O) groups excluding carboxylic acids is 1. The minimum Gasteiger partial charge on any atom is -0.448 e. The van der Waals surface area contributed by atoms with Crippen LogP contribution in [0, 0.1) is 0 Å². The summed E-state index contributed by atoms with van der Waals surface area (Å²) in [5.41, 5.74) is -0.500. The number of alkyl carbamates (subject to hydrolysis) is 1. The molecule has 5 nitrogen and oxygen atoms in total. The van der Waals surface area contributed by atoms with E-state index in [-0.39, 0.29) is 17.3 Å². The molecule has 342 valence electrons. The zero-order valence-electron chi connectivity index (χ0n) is 39.9. The van der Waals surface area contributed by atoms with Gasteiger partial charge in [-0.25, -0.2) is 4.79 Å². The van der Waals surface area contributed by atoms with E-state index in [1.165, 1.54) is 218 Å². The molecule has 0 rings (SSSR count). The molecule has 0 aliphatic carbocycles. The molecule has 1 atom stereocenters. The highest BCUT2D eigenvalue weighted by Gasteiger charge is 2.22. The van der Waals surface area contributed by atoms with Crippen LogP contribution in [0.5, 0.6) is 0 Å². The van der Waals surface area contributed by atoms with Gasteiger partial charge in [0.1, 0.15) is 6.61 Å². The second-order valence-corrected chi connectivity index (χ2v) is 20.2. The molecule has 0 spiro atoms. The lowest BCUT2D eigenvalue weighted by atomic mass is 10.0. The lowest BCUT2D eigenvalue weighted by Gasteiger charge is -2.29. The third-order valence-corrected chi connectivity index (χ3v) is 13.5. The molecule has 1 N–H and O–H groups in total. The SMILES string of the molecule is CCCCCCCCCCCCCCCCCCCC(COC(=O)NCCC(C)(C)OCCC(C)(C)OC)SCCCCCCCCCCCCCCCCCC. The Balaban J connectivity index is 4.24. The van der Waals surface area contributed by atoms with E-state index in [0.717, 1.165) is 19.3 Å². The van der Waals surface area contributed by atoms with Crippen molar-refractivity contribution in [1.29, 1.82) is 0 Å². The van der Waals surface area contributed by atoms with Crippen LogP contribution >= 0.6 is 11.8 Å². The average Bonchev–Trinajstić information content (AvgIpc) is 3.18. The quantitative estimate of drug-likeness (QED) is 0.0620. The van der Waals surface area contributed by atoms with Crippen molar-refractivity contribution in [2.45, 2.75) is 289 Å². The normalized spacial score (nSPS) is 12.7. The van der Waals surface area contributed by atoms with E-state index in [1.54, 1.807) is 7.11 Å². The Morgan fingerprint density at radius 2 is 0.877 bits per heavy atom. The van der Waals surface area contributed by atoms with Crippen LogP contribution in [0.1, 0.15) is 273 Å². The molecule has 0 aromatic rings. The summed E-state index contributed by atoms with van der Waals surface area (Å²) in [7, 11) is 1.74. The van der Waals surface area contributed by atoms with Crippen molar-refractivity contribution >= 4 is 17.9 Å². The topological polar surface area (TPSA) is 56.8 Å². The molecule has 0 saturated heterocycles. The molecule has 0 bridgehead atoms. The molecule has 0 radical (unpaired) electrons. The highest BCUT2D eigenvalue weighted by Crippen LogP contribution is 2.23. The van der Waals surface area contributed by atoms with Crippen molar-refractivity contribution < 1.29 is 19.0 Å². The number of ether oxygens (including phenoxy) is 3. The van der Waals surface area contributed by atoms with Crippen molar-refractivity contribution in [3.8, 4) is 0 Å². The Morgan fingerprint density at radius 1 is 0.509 bits per heavy atom. The predicted molar refractivity (Wildman–Crippen MR) is 254 cm³/mol. The molecule has 0 saturated carbocycles. The summed E-state index contributed by atoms with van der Waals surface area (Å²) < 4.78 is 17.4. The number of unbranched alkanes of at least 4 members (excludes halogenated alkanes) is 31. The molecule has 1 unspecified atom stereocenters. The summed E-state index contributed by atoms with van der Waals surface area (Å²) in [5.74, 6) is 1.18. The summed E-state index contributed by atoms with van der Waals surface area (Å²) in [4.78, 5) is 12.7. The third kappa shape index (κ3) is 43.4. The van der Waals surface area contributed by atoms with E-state index in [1.807, 2.05) is 11.8 Å². The van der Waals surface area contributed by atoms with Crippen LogP contribution in [-0.2, 0) is 14.2 Å². The number of rotatable bonds is 46. The largest absolute Gasteiger partial charge is 0.448 e. The minimum absolute atomic E-state index is 0.190. The fourth-order valence-corrected chi connectivity index (χ4v) is 8.85. The van der Waals surface area contributed by atoms with Crippen LogP contribution in [0.4, 0.5) is 4.79 Å². The second kappa shape index (κ2) is 42.2. The van der Waals surface area contributed by atoms with Crippen LogP contribution in [0.2, 0.25) is 0 Å². The number of hydrogen-bond donors (Lipinski definition) is 1. The summed E-state index contributed by atoms with van der Waals surface area (Å²) in [6.07, 6.45) is 48.7. The fourth-order valence-electron chi connectivity index (χ4n) is 7.64. The predicted octanol–water partition coefficient (Wildman–Crippen LogP) is 17.1. The average molecular weight is 826 g/mol. The first kappa shape index (κ1) is 56.5. The maximum absolute atomic E-state index is 12.7. The first-order valence-electron chi connectivity index (χ1n) is 25.4. The van der Waals surface area contributed by atoms with Gasteiger partial charge in [0.05, 0.1) is 17.8 Å². The fraction of sp³-hybridized carbons (Fsp3) is 0.980. The molecule has 6 heteroatoms. The Bertz CT molecular complexity index is 783. The Morgan fingerprint density at radius 3 is 1.26 bits per heavy atom. The summed E-state index contributed by atoms with van der Waals surface area (Å²) in [5, 5.41) is 3.38. The van der Waals surface area contributed by atoms with E-state index in [9.17, 15) is 4.79 Å². The van der Waals surface area contributed by atoms with Crippen molar-refractivity contribution in [1.82, 2.24) is 5.32 Å². The number of hydrogen-bond acceptors (Lipinski definition) is 5. The molecule has 0 aromatic heterocycles. The van der Waals surface area contributed by atoms with Crippen LogP contribution in [-0.4, -0.2) is 55.2 Å². The van der Waals surface area contributed by atoms with Gasteiger partial charge in [-0.05, 0) is 59.1 Å². The van der Waals surface area contributed by atoms with Crippen molar-refractivity contribution in [2.75, 3.05) is 32.6 Å². The van der Waals surface area contributed by atoms with Crippen molar-refractivity contribution in [3.05, 3.63) is 0 Å². The molecule has 0 heterocycles.